The summed E-state index contributed by atoms with van der Waals surface area (Å²) in [4.78, 5) is 28.0. The molecule has 0 aliphatic carbocycles. The van der Waals surface area contributed by atoms with Crippen LogP contribution in [0.25, 0.3) is 0 Å². The number of carbonyl (C=O) groups is 2. The minimum absolute atomic E-state index is 0.0940. The summed E-state index contributed by atoms with van der Waals surface area (Å²) in [5.74, 6) is 0.0940. The Kier molecular flexibility index (Phi) is 5.05. The van der Waals surface area contributed by atoms with E-state index in [1.807, 2.05) is 65.6 Å². The van der Waals surface area contributed by atoms with Crippen LogP contribution in [0.2, 0.25) is 0 Å². The first kappa shape index (κ1) is 18.5. The van der Waals surface area contributed by atoms with Gasteiger partial charge in [0.25, 0.3) is 0 Å². The van der Waals surface area contributed by atoms with Crippen molar-refractivity contribution in [3.05, 3.63) is 71.8 Å². The predicted molar refractivity (Wildman–Crippen MR) is 106 cm³/mol. The number of rotatable bonds is 4. The third kappa shape index (κ3) is 3.60. The minimum Gasteiger partial charge on any atom is -0.465 e. The molecule has 2 saturated heterocycles. The molecule has 0 saturated carbocycles. The van der Waals surface area contributed by atoms with E-state index in [0.29, 0.717) is 38.9 Å². The van der Waals surface area contributed by atoms with Crippen LogP contribution in [-0.4, -0.2) is 51.7 Å². The van der Waals surface area contributed by atoms with Crippen molar-refractivity contribution in [3.8, 4) is 0 Å². The first-order chi connectivity index (χ1) is 13.6. The fourth-order valence-corrected chi connectivity index (χ4v) is 4.33. The van der Waals surface area contributed by atoms with Crippen molar-refractivity contribution in [2.24, 2.45) is 0 Å². The van der Waals surface area contributed by atoms with E-state index in [9.17, 15) is 14.7 Å². The second kappa shape index (κ2) is 7.64. The highest BCUT2D eigenvalue weighted by atomic mass is 16.4. The fourth-order valence-electron chi connectivity index (χ4n) is 4.33. The van der Waals surface area contributed by atoms with Crippen LogP contribution >= 0.6 is 0 Å². The van der Waals surface area contributed by atoms with Gasteiger partial charge in [-0.2, -0.15) is 0 Å². The maximum absolute atomic E-state index is 13.3. The molecule has 2 aliphatic rings. The lowest BCUT2D eigenvalue weighted by atomic mass is 9.95. The number of nitrogens with one attached hydrogen (secondary N) is 1. The smallest absolute Gasteiger partial charge is 0.407 e. The van der Waals surface area contributed by atoms with Crippen molar-refractivity contribution in [3.63, 3.8) is 0 Å². The summed E-state index contributed by atoms with van der Waals surface area (Å²) >= 11 is 0. The van der Waals surface area contributed by atoms with Crippen LogP contribution in [-0.2, 0) is 17.8 Å². The topological polar surface area (TPSA) is 72.9 Å². The molecule has 2 fully saturated rings. The third-order valence-electron chi connectivity index (χ3n) is 5.85. The van der Waals surface area contributed by atoms with Crippen molar-refractivity contribution in [2.75, 3.05) is 13.1 Å². The minimum atomic E-state index is -0.894. The number of carboxylic acid groups (broad SMARTS) is 1. The van der Waals surface area contributed by atoms with E-state index in [2.05, 4.69) is 5.32 Å². The molecule has 2 aliphatic heterocycles. The summed E-state index contributed by atoms with van der Waals surface area (Å²) in [6, 6.07) is 19.7. The second-order valence-electron chi connectivity index (χ2n) is 7.60. The zero-order valence-electron chi connectivity index (χ0n) is 15.8. The molecule has 0 unspecified atom stereocenters. The van der Waals surface area contributed by atoms with Crippen LogP contribution < -0.4 is 5.32 Å². The molecule has 6 heteroatoms. The van der Waals surface area contributed by atoms with Gasteiger partial charge in [-0.25, -0.2) is 4.79 Å². The predicted octanol–water partition coefficient (Wildman–Crippen LogP) is 2.70. The highest BCUT2D eigenvalue weighted by molar-refractivity contribution is 5.85. The van der Waals surface area contributed by atoms with Crippen LogP contribution in [0.1, 0.15) is 24.0 Å². The van der Waals surface area contributed by atoms with Gasteiger partial charge < -0.3 is 14.9 Å². The van der Waals surface area contributed by atoms with E-state index < -0.39 is 11.8 Å². The molecule has 0 bridgehead atoms. The van der Waals surface area contributed by atoms with Gasteiger partial charge in [-0.1, -0.05) is 60.7 Å². The van der Waals surface area contributed by atoms with E-state index in [1.165, 1.54) is 4.90 Å². The van der Waals surface area contributed by atoms with E-state index in [0.717, 1.165) is 11.1 Å². The lowest BCUT2D eigenvalue weighted by Crippen LogP contribution is -2.59. The van der Waals surface area contributed by atoms with Crippen molar-refractivity contribution in [2.45, 2.75) is 37.5 Å². The van der Waals surface area contributed by atoms with E-state index in [-0.39, 0.29) is 11.9 Å². The number of piperidine rings is 1. The van der Waals surface area contributed by atoms with Gasteiger partial charge >= 0.3 is 6.09 Å². The molecule has 146 valence electrons. The third-order valence-corrected chi connectivity index (χ3v) is 5.85. The Morgan fingerprint density at radius 3 is 2.14 bits per heavy atom. The lowest BCUT2D eigenvalue weighted by molar-refractivity contribution is -0.134. The molecule has 1 spiro atoms. The van der Waals surface area contributed by atoms with Crippen molar-refractivity contribution < 1.29 is 14.7 Å². The summed E-state index contributed by atoms with van der Waals surface area (Å²) in [6.07, 6.45) is 0.941. The molecular weight excluding hydrogens is 354 g/mol. The normalized spacial score (nSPS) is 21.3. The lowest BCUT2D eigenvalue weighted by Gasteiger charge is -2.44. The Hall–Kier alpha value is -2.86. The van der Waals surface area contributed by atoms with Crippen molar-refractivity contribution >= 4 is 12.0 Å². The van der Waals surface area contributed by atoms with Gasteiger partial charge in [-0.3, -0.25) is 10.1 Å². The van der Waals surface area contributed by atoms with Gasteiger partial charge in [0.2, 0.25) is 5.91 Å². The summed E-state index contributed by atoms with van der Waals surface area (Å²) in [5, 5.41) is 12.9. The van der Waals surface area contributed by atoms with E-state index in [4.69, 9.17) is 0 Å². The summed E-state index contributed by atoms with van der Waals surface area (Å²) in [5.41, 5.74) is 1.71. The molecule has 2 aromatic rings. The van der Waals surface area contributed by atoms with E-state index >= 15 is 0 Å². The van der Waals surface area contributed by atoms with E-state index in [1.54, 1.807) is 0 Å². The standard InChI is InChI=1S/C22H25N3O3/c26-20-19(15-17-7-3-1-4-8-17)23-22(11-13-24(14-12-22)21(27)28)25(20)16-18-9-5-2-6-10-18/h1-10,19,23H,11-16H2,(H,27,28)/t19-/m0/s1. The van der Waals surface area contributed by atoms with Gasteiger partial charge in [0, 0.05) is 32.5 Å². The highest BCUT2D eigenvalue weighted by Gasteiger charge is 2.51. The van der Waals surface area contributed by atoms with Gasteiger partial charge in [-0.15, -0.1) is 0 Å². The zero-order chi connectivity index (χ0) is 19.6. The maximum Gasteiger partial charge on any atom is 0.407 e. The summed E-state index contributed by atoms with van der Waals surface area (Å²) in [6.45, 7) is 1.39. The fraction of sp³-hybridized carbons (Fsp3) is 0.364. The van der Waals surface area contributed by atoms with Crippen LogP contribution in [0, 0.1) is 0 Å². The van der Waals surface area contributed by atoms with Crippen molar-refractivity contribution in [1.29, 1.82) is 0 Å². The number of hydrogen-bond donors (Lipinski definition) is 2. The maximum atomic E-state index is 13.3. The number of hydrogen-bond acceptors (Lipinski definition) is 3. The molecule has 0 aromatic heterocycles. The first-order valence-corrected chi connectivity index (χ1v) is 9.72. The average Bonchev–Trinajstić information content (AvgIpc) is 2.95. The molecule has 4 rings (SSSR count). The monoisotopic (exact) mass is 379 g/mol. The van der Waals surface area contributed by atoms with Crippen LogP contribution in [0.3, 0.4) is 0 Å². The number of benzene rings is 2. The number of likely N-dealkylation sites (tertiary alicyclic amines) is 1. The van der Waals surface area contributed by atoms with Crippen LogP contribution in [0.5, 0.6) is 0 Å². The van der Waals surface area contributed by atoms with Gasteiger partial charge in [0.05, 0.1) is 11.7 Å². The molecule has 2 aromatic carbocycles. The molecule has 2 amide bonds. The number of carbonyl (C=O) groups excluding carboxylic acids is 1. The largest absolute Gasteiger partial charge is 0.465 e. The highest BCUT2D eigenvalue weighted by Crippen LogP contribution is 2.34. The van der Waals surface area contributed by atoms with Crippen molar-refractivity contribution in [1.82, 2.24) is 15.1 Å². The molecule has 6 nitrogen and oxygen atoms in total. The second-order valence-corrected chi connectivity index (χ2v) is 7.60. The number of amides is 2. The van der Waals surface area contributed by atoms with Gasteiger partial charge in [0.1, 0.15) is 0 Å². The Balaban J connectivity index is 1.58. The first-order valence-electron chi connectivity index (χ1n) is 9.72. The quantitative estimate of drug-likeness (QED) is 0.857. The Labute approximate surface area is 164 Å². The molecule has 1 atom stereocenters. The van der Waals surface area contributed by atoms with Gasteiger partial charge in [-0.05, 0) is 17.5 Å². The number of nitrogens with zero attached hydrogens (tertiary/aromatic N) is 2. The Bertz CT molecular complexity index is 833. The molecular formula is C22H25N3O3. The average molecular weight is 379 g/mol. The molecule has 28 heavy (non-hydrogen) atoms. The Morgan fingerprint density at radius 1 is 1.00 bits per heavy atom. The summed E-state index contributed by atoms with van der Waals surface area (Å²) in [7, 11) is 0. The Morgan fingerprint density at radius 2 is 1.57 bits per heavy atom. The van der Waals surface area contributed by atoms with Gasteiger partial charge in [0.15, 0.2) is 0 Å². The van der Waals surface area contributed by atoms with Crippen LogP contribution in [0.4, 0.5) is 4.79 Å². The SMILES string of the molecule is O=C(O)N1CCC2(CC1)N[C@@H](Cc1ccccc1)C(=O)N2Cc1ccccc1. The zero-order valence-corrected chi connectivity index (χ0v) is 15.8. The molecule has 2 heterocycles. The van der Waals surface area contributed by atoms with Crippen LogP contribution in [0.15, 0.2) is 60.7 Å². The molecule has 2 N–H and O–H groups in total. The summed E-state index contributed by atoms with van der Waals surface area (Å²) < 4.78 is 0. The molecule has 0 radical (unpaired) electrons.